The minimum Gasteiger partial charge on any atom is -0.468 e. The minimum absolute atomic E-state index is 0.0299. The summed E-state index contributed by atoms with van der Waals surface area (Å²) in [5.74, 6) is -0.360. The van der Waals surface area contributed by atoms with E-state index in [-0.39, 0.29) is 11.4 Å². The van der Waals surface area contributed by atoms with Crippen molar-refractivity contribution in [2.24, 2.45) is 5.73 Å². The molecule has 0 aliphatic rings. The van der Waals surface area contributed by atoms with E-state index in [1.165, 1.54) is 12.4 Å². The highest BCUT2D eigenvalue weighted by Crippen LogP contribution is 2.21. The van der Waals surface area contributed by atoms with Crippen molar-refractivity contribution >= 4 is 5.91 Å². The van der Waals surface area contributed by atoms with Gasteiger partial charge in [0.15, 0.2) is 6.61 Å². The Hall–Kier alpha value is -2.68. The van der Waals surface area contributed by atoms with Gasteiger partial charge in [0.05, 0.1) is 0 Å². The number of hydrogen-bond acceptors (Lipinski definition) is 5. The van der Waals surface area contributed by atoms with Crippen molar-refractivity contribution in [1.82, 2.24) is 15.3 Å². The van der Waals surface area contributed by atoms with E-state index in [4.69, 9.17) is 10.5 Å². The van der Waals surface area contributed by atoms with Gasteiger partial charge in [0.25, 0.3) is 0 Å². The first kappa shape index (κ1) is 24.4. The maximum absolute atomic E-state index is 12.1. The minimum atomic E-state index is -4.35. The third-order valence-electron chi connectivity index (χ3n) is 3.52. The summed E-state index contributed by atoms with van der Waals surface area (Å²) in [7, 11) is 0. The van der Waals surface area contributed by atoms with Gasteiger partial charge in [-0.3, -0.25) is 9.78 Å². The first-order chi connectivity index (χ1) is 13.4. The number of nitrogens with one attached hydrogen (secondary N) is 1. The Morgan fingerprint density at radius 2 is 1.83 bits per heavy atom. The summed E-state index contributed by atoms with van der Waals surface area (Å²) in [5, 5.41) is 3.30. The van der Waals surface area contributed by atoms with E-state index in [2.05, 4.69) is 15.3 Å². The standard InChI is InChI=1S/C14H21F3N2O.C6H6N2O/c1-5-11-6-10(8-19-13(2,3)4)7-18-12(11)20-9-14(15,16)17;7-6(9)5-1-3-8-4-2-5/h6-7,19H,5,8-9H2,1-4H3;1-4H,(H2,7,9). The lowest BCUT2D eigenvalue weighted by molar-refractivity contribution is -0.154. The van der Waals surface area contributed by atoms with Crippen molar-refractivity contribution in [3.05, 3.63) is 53.5 Å². The Morgan fingerprint density at radius 3 is 2.28 bits per heavy atom. The van der Waals surface area contributed by atoms with Gasteiger partial charge >= 0.3 is 6.18 Å². The number of primary amides is 1. The number of aromatic nitrogens is 2. The number of halogens is 3. The Bertz CT molecular complexity index is 776. The van der Waals surface area contributed by atoms with Gasteiger partial charge < -0.3 is 15.8 Å². The Balaban J connectivity index is 0.000000387. The first-order valence-corrected chi connectivity index (χ1v) is 9.03. The quantitative estimate of drug-likeness (QED) is 0.756. The first-order valence-electron chi connectivity index (χ1n) is 9.03. The van der Waals surface area contributed by atoms with Crippen LogP contribution in [0.1, 0.15) is 49.2 Å². The molecule has 2 aromatic heterocycles. The van der Waals surface area contributed by atoms with Crippen molar-refractivity contribution in [2.75, 3.05) is 6.61 Å². The van der Waals surface area contributed by atoms with E-state index in [9.17, 15) is 18.0 Å². The van der Waals surface area contributed by atoms with E-state index < -0.39 is 18.7 Å². The molecule has 0 aliphatic carbocycles. The molecule has 9 heteroatoms. The molecule has 29 heavy (non-hydrogen) atoms. The van der Waals surface area contributed by atoms with Crippen LogP contribution in [-0.2, 0) is 13.0 Å². The van der Waals surface area contributed by atoms with Crippen molar-refractivity contribution in [3.63, 3.8) is 0 Å². The van der Waals surface area contributed by atoms with E-state index in [0.29, 0.717) is 24.1 Å². The molecule has 160 valence electrons. The molecule has 2 aromatic rings. The summed E-state index contributed by atoms with van der Waals surface area (Å²) in [4.78, 5) is 18.1. The molecule has 0 saturated heterocycles. The fraction of sp³-hybridized carbons (Fsp3) is 0.450. The molecule has 0 aliphatic heterocycles. The highest BCUT2D eigenvalue weighted by molar-refractivity contribution is 5.92. The zero-order valence-electron chi connectivity index (χ0n) is 17.0. The van der Waals surface area contributed by atoms with E-state index in [1.54, 1.807) is 18.3 Å². The number of amides is 1. The third-order valence-corrected chi connectivity index (χ3v) is 3.52. The lowest BCUT2D eigenvalue weighted by Gasteiger charge is -2.21. The Kier molecular flexibility index (Phi) is 9.03. The summed E-state index contributed by atoms with van der Waals surface area (Å²) in [6.07, 6.45) is 0.826. The molecule has 0 fully saturated rings. The van der Waals surface area contributed by atoms with Crippen LogP contribution >= 0.6 is 0 Å². The van der Waals surface area contributed by atoms with Crippen molar-refractivity contribution < 1.29 is 22.7 Å². The van der Waals surface area contributed by atoms with Crippen LogP contribution in [0.2, 0.25) is 0 Å². The second-order valence-electron chi connectivity index (χ2n) is 7.27. The van der Waals surface area contributed by atoms with Crippen molar-refractivity contribution in [3.8, 4) is 5.88 Å². The van der Waals surface area contributed by atoms with Gasteiger partial charge in [-0.25, -0.2) is 4.98 Å². The lowest BCUT2D eigenvalue weighted by atomic mass is 10.1. The molecule has 0 aromatic carbocycles. The molecule has 0 unspecified atom stereocenters. The molecule has 2 heterocycles. The van der Waals surface area contributed by atoms with Crippen LogP contribution in [-0.4, -0.2) is 34.2 Å². The average Bonchev–Trinajstić information content (AvgIpc) is 2.65. The number of hydrogen-bond donors (Lipinski definition) is 2. The Morgan fingerprint density at radius 1 is 1.21 bits per heavy atom. The SMILES string of the molecule is CCc1cc(CNC(C)(C)C)cnc1OCC(F)(F)F.NC(=O)c1ccncc1. The smallest absolute Gasteiger partial charge is 0.422 e. The van der Waals surface area contributed by atoms with Crippen LogP contribution in [0.4, 0.5) is 13.2 Å². The highest BCUT2D eigenvalue weighted by Gasteiger charge is 2.29. The molecule has 6 nitrogen and oxygen atoms in total. The number of carbonyl (C=O) groups is 1. The third kappa shape index (κ3) is 10.4. The molecule has 2 rings (SSSR count). The topological polar surface area (TPSA) is 90.1 Å². The van der Waals surface area contributed by atoms with E-state index in [1.807, 2.05) is 33.8 Å². The zero-order chi connectivity index (χ0) is 22.1. The fourth-order valence-corrected chi connectivity index (χ4v) is 2.06. The summed E-state index contributed by atoms with van der Waals surface area (Å²) in [6, 6.07) is 4.97. The number of nitrogens with two attached hydrogens (primary N) is 1. The number of ether oxygens (including phenoxy) is 1. The largest absolute Gasteiger partial charge is 0.468 e. The number of carbonyl (C=O) groups excluding carboxylic acids is 1. The number of rotatable bonds is 6. The van der Waals surface area contributed by atoms with E-state index in [0.717, 1.165) is 5.56 Å². The van der Waals surface area contributed by atoms with Crippen molar-refractivity contribution in [1.29, 1.82) is 0 Å². The predicted molar refractivity (Wildman–Crippen MR) is 105 cm³/mol. The van der Waals surface area contributed by atoms with Gasteiger partial charge in [-0.1, -0.05) is 6.92 Å². The van der Waals surface area contributed by atoms with Gasteiger partial charge in [-0.05, 0) is 51.0 Å². The van der Waals surface area contributed by atoms with Gasteiger partial charge in [-0.2, -0.15) is 13.2 Å². The summed E-state index contributed by atoms with van der Waals surface area (Å²) in [5.41, 5.74) is 7.02. The maximum atomic E-state index is 12.1. The molecule has 0 radical (unpaired) electrons. The fourth-order valence-electron chi connectivity index (χ4n) is 2.06. The number of pyridine rings is 2. The monoisotopic (exact) mass is 412 g/mol. The van der Waals surface area contributed by atoms with Crippen LogP contribution in [0.15, 0.2) is 36.8 Å². The average molecular weight is 412 g/mol. The second-order valence-corrected chi connectivity index (χ2v) is 7.27. The lowest BCUT2D eigenvalue weighted by Crippen LogP contribution is -2.35. The summed E-state index contributed by atoms with van der Waals surface area (Å²) in [6.45, 7) is 7.29. The van der Waals surface area contributed by atoms with Crippen molar-refractivity contribution in [2.45, 2.75) is 52.4 Å². The van der Waals surface area contributed by atoms with Crippen LogP contribution in [0.5, 0.6) is 5.88 Å². The second kappa shape index (κ2) is 10.8. The maximum Gasteiger partial charge on any atom is 0.422 e. The summed E-state index contributed by atoms with van der Waals surface area (Å²) >= 11 is 0. The van der Waals surface area contributed by atoms with Crippen LogP contribution in [0.25, 0.3) is 0 Å². The Labute approximate surface area is 168 Å². The molecule has 0 atom stereocenters. The molecule has 3 N–H and O–H groups in total. The molecule has 0 saturated carbocycles. The van der Waals surface area contributed by atoms with Gasteiger partial charge in [0.2, 0.25) is 11.8 Å². The van der Waals surface area contributed by atoms with Gasteiger partial charge in [0.1, 0.15) is 0 Å². The molecular weight excluding hydrogens is 385 g/mol. The normalized spacial score (nSPS) is 11.4. The molecule has 0 spiro atoms. The summed E-state index contributed by atoms with van der Waals surface area (Å²) < 4.78 is 41.2. The molecule has 1 amide bonds. The van der Waals surface area contributed by atoms with Crippen LogP contribution in [0, 0.1) is 0 Å². The number of alkyl halides is 3. The molecule has 0 bridgehead atoms. The van der Waals surface area contributed by atoms with Crippen LogP contribution < -0.4 is 15.8 Å². The highest BCUT2D eigenvalue weighted by atomic mass is 19.4. The van der Waals surface area contributed by atoms with Gasteiger partial charge in [-0.15, -0.1) is 0 Å². The molecular formula is C20H27F3N4O2. The predicted octanol–water partition coefficient (Wildman–Crippen LogP) is 3.65. The number of nitrogens with zero attached hydrogens (tertiary/aromatic N) is 2. The zero-order valence-corrected chi connectivity index (χ0v) is 17.0. The van der Waals surface area contributed by atoms with Crippen LogP contribution in [0.3, 0.4) is 0 Å². The van der Waals surface area contributed by atoms with E-state index >= 15 is 0 Å². The van der Waals surface area contributed by atoms with Gasteiger partial charge in [0, 0.05) is 41.8 Å². The number of aryl methyl sites for hydroxylation is 1.